The van der Waals surface area contributed by atoms with Crippen LogP contribution < -0.4 is 10.0 Å². The van der Waals surface area contributed by atoms with Crippen molar-refractivity contribution in [2.45, 2.75) is 25.6 Å². The number of benzene rings is 2. The Morgan fingerprint density at radius 3 is 2.15 bits per heavy atom. The summed E-state index contributed by atoms with van der Waals surface area (Å²) < 4.78 is 31.7. The molecule has 136 valence electrons. The van der Waals surface area contributed by atoms with Crippen molar-refractivity contribution in [3.8, 4) is 11.3 Å². The lowest BCUT2D eigenvalue weighted by Gasteiger charge is -2.12. The molecule has 2 aromatic carbocycles. The zero-order chi connectivity index (χ0) is 18.6. The van der Waals surface area contributed by atoms with E-state index >= 15 is 0 Å². The molecule has 0 fully saturated rings. The average molecular weight is 370 g/mol. The summed E-state index contributed by atoms with van der Waals surface area (Å²) in [6.07, 6.45) is 1.66. The van der Waals surface area contributed by atoms with Gasteiger partial charge in [-0.05, 0) is 67.9 Å². The van der Waals surface area contributed by atoms with E-state index in [9.17, 15) is 8.42 Å². The van der Waals surface area contributed by atoms with E-state index < -0.39 is 15.3 Å². The molecule has 3 rings (SSSR count). The fourth-order valence-corrected chi connectivity index (χ4v) is 3.07. The van der Waals surface area contributed by atoms with E-state index in [-0.39, 0.29) is 0 Å². The molecule has 0 spiro atoms. The van der Waals surface area contributed by atoms with E-state index in [2.05, 4.69) is 10.0 Å². The third-order valence-corrected chi connectivity index (χ3v) is 5.78. The molecule has 0 unspecified atom stereocenters. The molecule has 0 saturated carbocycles. The molecule has 0 radical (unpaired) electrons. The zero-order valence-corrected chi connectivity index (χ0v) is 15.6. The molecule has 6 heteroatoms. The fraction of sp³-hybridized carbons (Fsp3) is 0.200. The van der Waals surface area contributed by atoms with Crippen LogP contribution in [0.15, 0.2) is 71.3 Å². The van der Waals surface area contributed by atoms with Crippen molar-refractivity contribution in [1.82, 2.24) is 0 Å². The molecule has 0 atom stereocenters. The fourth-order valence-electron chi connectivity index (χ4n) is 2.37. The summed E-state index contributed by atoms with van der Waals surface area (Å²) in [6, 6.07) is 19.2. The smallest absolute Gasteiger partial charge is 0.235 e. The van der Waals surface area contributed by atoms with Crippen LogP contribution in [0.2, 0.25) is 0 Å². The van der Waals surface area contributed by atoms with Crippen LogP contribution in [0.3, 0.4) is 0 Å². The molecule has 1 aromatic heterocycles. The number of sulfonamides is 1. The van der Waals surface area contributed by atoms with Crippen molar-refractivity contribution < 1.29 is 12.8 Å². The average Bonchev–Trinajstić information content (AvgIpc) is 3.16. The van der Waals surface area contributed by atoms with Gasteiger partial charge in [0.25, 0.3) is 0 Å². The highest BCUT2D eigenvalue weighted by Crippen LogP contribution is 2.22. The SMILES string of the molecule is CC(C)S(=O)(=O)Nc1ccc(CNc2ccc(-c3ccco3)cc2)cc1. The minimum absolute atomic E-state index is 0.465. The number of hydrogen-bond acceptors (Lipinski definition) is 4. The van der Waals surface area contributed by atoms with Gasteiger partial charge in [0, 0.05) is 23.5 Å². The van der Waals surface area contributed by atoms with Crippen LogP contribution in [0.5, 0.6) is 0 Å². The van der Waals surface area contributed by atoms with Crippen LogP contribution in [0.1, 0.15) is 19.4 Å². The molecule has 26 heavy (non-hydrogen) atoms. The van der Waals surface area contributed by atoms with Gasteiger partial charge in [0.15, 0.2) is 0 Å². The highest BCUT2D eigenvalue weighted by molar-refractivity contribution is 7.93. The molecule has 0 amide bonds. The van der Waals surface area contributed by atoms with Crippen molar-refractivity contribution in [3.05, 3.63) is 72.5 Å². The Morgan fingerprint density at radius 2 is 1.58 bits per heavy atom. The van der Waals surface area contributed by atoms with Crippen molar-refractivity contribution in [2.24, 2.45) is 0 Å². The zero-order valence-electron chi connectivity index (χ0n) is 14.8. The van der Waals surface area contributed by atoms with Gasteiger partial charge in [-0.25, -0.2) is 8.42 Å². The molecule has 0 aliphatic heterocycles. The van der Waals surface area contributed by atoms with Crippen LogP contribution in [0.25, 0.3) is 11.3 Å². The van der Waals surface area contributed by atoms with Gasteiger partial charge in [-0.15, -0.1) is 0 Å². The number of nitrogens with one attached hydrogen (secondary N) is 2. The summed E-state index contributed by atoms with van der Waals surface area (Å²) in [4.78, 5) is 0. The largest absolute Gasteiger partial charge is 0.464 e. The quantitative estimate of drug-likeness (QED) is 0.632. The van der Waals surface area contributed by atoms with Gasteiger partial charge in [0.05, 0.1) is 11.5 Å². The predicted octanol–water partition coefficient (Wildman–Crippen LogP) is 4.71. The molecule has 0 aliphatic carbocycles. The van der Waals surface area contributed by atoms with Gasteiger partial charge in [-0.1, -0.05) is 12.1 Å². The number of furan rings is 1. The van der Waals surface area contributed by atoms with Gasteiger partial charge >= 0.3 is 0 Å². The molecule has 5 nitrogen and oxygen atoms in total. The Kier molecular flexibility index (Phi) is 5.32. The van der Waals surface area contributed by atoms with E-state index in [0.717, 1.165) is 22.6 Å². The lowest BCUT2D eigenvalue weighted by molar-refractivity contribution is 0.582. The van der Waals surface area contributed by atoms with Gasteiger partial charge in [-0.2, -0.15) is 0 Å². The highest BCUT2D eigenvalue weighted by atomic mass is 32.2. The second-order valence-corrected chi connectivity index (χ2v) is 8.54. The van der Waals surface area contributed by atoms with E-state index in [1.165, 1.54) is 0 Å². The Bertz CT molecular complexity index is 930. The number of anilines is 2. The summed E-state index contributed by atoms with van der Waals surface area (Å²) in [5, 5.41) is 2.89. The summed E-state index contributed by atoms with van der Waals surface area (Å²) >= 11 is 0. The van der Waals surface area contributed by atoms with Crippen LogP contribution in [0.4, 0.5) is 11.4 Å². The molecule has 2 N–H and O–H groups in total. The number of hydrogen-bond donors (Lipinski definition) is 2. The Hall–Kier alpha value is -2.73. The molecule has 1 heterocycles. The molecule has 3 aromatic rings. The summed E-state index contributed by atoms with van der Waals surface area (Å²) in [7, 11) is -3.32. The monoisotopic (exact) mass is 370 g/mol. The predicted molar refractivity (Wildman–Crippen MR) is 106 cm³/mol. The summed E-state index contributed by atoms with van der Waals surface area (Å²) in [5.41, 5.74) is 3.67. The second kappa shape index (κ2) is 7.66. The van der Waals surface area contributed by atoms with Crippen molar-refractivity contribution in [3.63, 3.8) is 0 Å². The van der Waals surface area contributed by atoms with E-state index in [0.29, 0.717) is 12.2 Å². The van der Waals surface area contributed by atoms with Crippen LogP contribution in [-0.2, 0) is 16.6 Å². The maximum absolute atomic E-state index is 11.9. The Morgan fingerprint density at radius 1 is 0.923 bits per heavy atom. The normalized spacial score (nSPS) is 11.5. The third-order valence-electron chi connectivity index (χ3n) is 4.02. The summed E-state index contributed by atoms with van der Waals surface area (Å²) in [5.74, 6) is 0.844. The van der Waals surface area contributed by atoms with Gasteiger partial charge in [-0.3, -0.25) is 4.72 Å². The van der Waals surface area contributed by atoms with Crippen LogP contribution in [0, 0.1) is 0 Å². The highest BCUT2D eigenvalue weighted by Gasteiger charge is 2.15. The van der Waals surface area contributed by atoms with Crippen molar-refractivity contribution >= 4 is 21.4 Å². The summed E-state index contributed by atoms with van der Waals surface area (Å²) in [6.45, 7) is 3.95. The molecular formula is C20H22N2O3S. The first-order valence-electron chi connectivity index (χ1n) is 8.42. The first-order chi connectivity index (χ1) is 12.4. The molecule has 0 aliphatic rings. The minimum Gasteiger partial charge on any atom is -0.464 e. The standard InChI is InChI=1S/C20H22N2O3S/c1-15(2)26(23,24)22-19-9-5-16(6-10-19)14-21-18-11-7-17(8-12-18)20-4-3-13-25-20/h3-13,15,21-22H,14H2,1-2H3. The minimum atomic E-state index is -3.32. The molecule has 0 saturated heterocycles. The van der Waals surface area contributed by atoms with Gasteiger partial charge in [0.2, 0.25) is 10.0 Å². The van der Waals surface area contributed by atoms with Crippen molar-refractivity contribution in [2.75, 3.05) is 10.0 Å². The van der Waals surface area contributed by atoms with Crippen LogP contribution in [-0.4, -0.2) is 13.7 Å². The van der Waals surface area contributed by atoms with E-state index in [1.54, 1.807) is 32.2 Å². The van der Waals surface area contributed by atoms with Gasteiger partial charge < -0.3 is 9.73 Å². The Labute approximate surface area is 154 Å². The van der Waals surface area contributed by atoms with E-state index in [1.807, 2.05) is 48.5 Å². The maximum Gasteiger partial charge on any atom is 0.235 e. The topological polar surface area (TPSA) is 71.3 Å². The van der Waals surface area contributed by atoms with Gasteiger partial charge in [0.1, 0.15) is 5.76 Å². The third kappa shape index (κ3) is 4.46. The first kappa shape index (κ1) is 18.1. The number of rotatable bonds is 7. The van der Waals surface area contributed by atoms with Crippen LogP contribution >= 0.6 is 0 Å². The lowest BCUT2D eigenvalue weighted by atomic mass is 10.1. The second-order valence-electron chi connectivity index (χ2n) is 6.30. The lowest BCUT2D eigenvalue weighted by Crippen LogP contribution is -2.22. The molecular weight excluding hydrogens is 348 g/mol. The van der Waals surface area contributed by atoms with E-state index in [4.69, 9.17) is 4.42 Å². The maximum atomic E-state index is 11.9. The molecule has 0 bridgehead atoms. The Balaban J connectivity index is 1.58. The first-order valence-corrected chi connectivity index (χ1v) is 9.97. The van der Waals surface area contributed by atoms with Crippen molar-refractivity contribution in [1.29, 1.82) is 0 Å².